The Balaban J connectivity index is 0.00000312. The summed E-state index contributed by atoms with van der Waals surface area (Å²) in [6, 6.07) is 9.92. The molecule has 0 spiro atoms. The van der Waals surface area contributed by atoms with E-state index in [0.29, 0.717) is 0 Å². The molecule has 1 N–H and O–H groups in total. The summed E-state index contributed by atoms with van der Waals surface area (Å²) in [6.07, 6.45) is 0. The minimum absolute atomic E-state index is 0. The number of alkyl halides is 4. The summed E-state index contributed by atoms with van der Waals surface area (Å²) >= 11 is 0. The van der Waals surface area contributed by atoms with Gasteiger partial charge in [-0.05, 0) is 33.4 Å². The summed E-state index contributed by atoms with van der Waals surface area (Å²) in [4.78, 5) is 0. The fraction of sp³-hybridized carbons (Fsp3) is 0.368. The second-order valence-corrected chi connectivity index (χ2v) is 6.47. The Bertz CT molecular complexity index is 694. The molecule has 2 aromatic rings. The molecule has 0 aliphatic carbocycles. The van der Waals surface area contributed by atoms with Crippen molar-refractivity contribution in [1.82, 2.24) is 5.32 Å². The van der Waals surface area contributed by atoms with Crippen molar-refractivity contribution < 1.29 is 17.6 Å². The van der Waals surface area contributed by atoms with Crippen LogP contribution >= 0.6 is 12.4 Å². The quantitative estimate of drug-likeness (QED) is 0.655. The van der Waals surface area contributed by atoms with Crippen molar-refractivity contribution in [1.29, 1.82) is 0 Å². The van der Waals surface area contributed by atoms with Crippen LogP contribution in [0.15, 0.2) is 48.5 Å². The first-order chi connectivity index (χ1) is 11.0. The van der Waals surface area contributed by atoms with Crippen molar-refractivity contribution in [3.63, 3.8) is 0 Å². The van der Waals surface area contributed by atoms with Crippen molar-refractivity contribution in [3.8, 4) is 0 Å². The highest BCUT2D eigenvalue weighted by Crippen LogP contribution is 2.49. The third-order valence-corrected chi connectivity index (χ3v) is 4.40. The Labute approximate surface area is 151 Å². The molecule has 0 saturated heterocycles. The number of halogens is 5. The van der Waals surface area contributed by atoms with Crippen LogP contribution in [0.4, 0.5) is 17.6 Å². The third kappa shape index (κ3) is 3.98. The molecule has 1 nitrogen and oxygen atoms in total. The van der Waals surface area contributed by atoms with E-state index in [1.165, 1.54) is 24.3 Å². The van der Waals surface area contributed by atoms with Gasteiger partial charge in [-0.3, -0.25) is 0 Å². The fourth-order valence-electron chi connectivity index (χ4n) is 2.37. The molecule has 0 saturated carbocycles. The highest BCUT2D eigenvalue weighted by Gasteiger charge is 2.58. The van der Waals surface area contributed by atoms with Crippen LogP contribution < -0.4 is 5.32 Å². The molecule has 0 aliphatic heterocycles. The molecular weight excluding hydrogens is 354 g/mol. The molecule has 25 heavy (non-hydrogen) atoms. The van der Waals surface area contributed by atoms with E-state index >= 15 is 0 Å². The van der Waals surface area contributed by atoms with E-state index in [9.17, 15) is 17.6 Å². The molecule has 0 heterocycles. The molecule has 0 radical (unpaired) electrons. The van der Waals surface area contributed by atoms with Crippen LogP contribution in [-0.2, 0) is 17.4 Å². The Morgan fingerprint density at radius 3 is 1.36 bits per heavy atom. The van der Waals surface area contributed by atoms with Crippen LogP contribution in [0, 0.1) is 6.92 Å². The van der Waals surface area contributed by atoms with E-state index in [4.69, 9.17) is 0 Å². The Morgan fingerprint density at radius 2 is 1.00 bits per heavy atom. The first-order valence-corrected chi connectivity index (χ1v) is 7.65. The maximum atomic E-state index is 14.5. The summed E-state index contributed by atoms with van der Waals surface area (Å²) in [5, 5.41) is 3.04. The fourth-order valence-corrected chi connectivity index (χ4v) is 2.37. The highest BCUT2D eigenvalue weighted by molar-refractivity contribution is 5.85. The molecule has 6 heteroatoms. The van der Waals surface area contributed by atoms with E-state index < -0.39 is 28.5 Å². The van der Waals surface area contributed by atoms with Crippen LogP contribution in [0.2, 0.25) is 0 Å². The SMILES string of the molecule is CNC(C)(C)c1ccc(C(F)(F)C(F)(F)c2ccc(C)cc2)cc1.Cl. The largest absolute Gasteiger partial charge is 0.339 e. The Hall–Kier alpha value is -1.59. The number of benzene rings is 2. The zero-order valence-corrected chi connectivity index (χ0v) is 15.4. The maximum Gasteiger partial charge on any atom is 0.339 e. The summed E-state index contributed by atoms with van der Waals surface area (Å²) in [5.74, 6) is -8.59. The average Bonchev–Trinajstić information content (AvgIpc) is 2.55. The van der Waals surface area contributed by atoms with Crippen molar-refractivity contribution >= 4 is 12.4 Å². The van der Waals surface area contributed by atoms with Crippen molar-refractivity contribution in [3.05, 3.63) is 70.8 Å². The summed E-state index contributed by atoms with van der Waals surface area (Å²) in [6.45, 7) is 5.46. The van der Waals surface area contributed by atoms with Gasteiger partial charge >= 0.3 is 11.8 Å². The number of hydrogen-bond donors (Lipinski definition) is 1. The van der Waals surface area contributed by atoms with Gasteiger partial charge in [-0.25, -0.2) is 0 Å². The molecule has 0 aliphatic rings. The Kier molecular flexibility index (Phi) is 6.30. The van der Waals surface area contributed by atoms with Crippen LogP contribution in [0.3, 0.4) is 0 Å². The third-order valence-electron chi connectivity index (χ3n) is 4.40. The summed E-state index contributed by atoms with van der Waals surface area (Å²) in [5.41, 5.74) is -0.367. The number of rotatable bonds is 5. The lowest BCUT2D eigenvalue weighted by Crippen LogP contribution is -2.36. The predicted molar refractivity (Wildman–Crippen MR) is 94.7 cm³/mol. The van der Waals surface area contributed by atoms with Crippen molar-refractivity contribution in [2.45, 2.75) is 38.2 Å². The van der Waals surface area contributed by atoms with Gasteiger partial charge in [-0.1, -0.05) is 54.1 Å². The van der Waals surface area contributed by atoms with Crippen LogP contribution in [0.5, 0.6) is 0 Å². The first kappa shape index (κ1) is 21.5. The van der Waals surface area contributed by atoms with Crippen LogP contribution in [0.25, 0.3) is 0 Å². The molecule has 0 amide bonds. The van der Waals surface area contributed by atoms with Gasteiger partial charge in [0.1, 0.15) is 0 Å². The number of hydrogen-bond acceptors (Lipinski definition) is 1. The molecular formula is C19H22ClF4N. The van der Waals surface area contributed by atoms with Gasteiger partial charge in [-0.15, -0.1) is 12.4 Å². The van der Waals surface area contributed by atoms with Gasteiger partial charge in [-0.2, -0.15) is 17.6 Å². The van der Waals surface area contributed by atoms with E-state index in [-0.39, 0.29) is 12.4 Å². The topological polar surface area (TPSA) is 12.0 Å². The molecule has 2 aromatic carbocycles. The Morgan fingerprint density at radius 1 is 0.680 bits per heavy atom. The summed E-state index contributed by atoms with van der Waals surface area (Å²) < 4.78 is 57.7. The van der Waals surface area contributed by atoms with Gasteiger partial charge in [0.25, 0.3) is 0 Å². The lowest BCUT2D eigenvalue weighted by atomic mass is 9.90. The molecule has 0 bridgehead atoms. The molecule has 0 unspecified atom stereocenters. The standard InChI is InChI=1S/C19H21F4N.ClH/c1-13-5-7-15(8-6-13)18(20,21)19(22,23)16-11-9-14(10-12-16)17(2,3)24-4;/h5-12,24H,1-4H3;1H. The predicted octanol–water partition coefficient (Wildman–Crippen LogP) is 5.76. The zero-order chi connectivity index (χ0) is 18.2. The van der Waals surface area contributed by atoms with E-state index in [2.05, 4.69) is 5.32 Å². The second-order valence-electron chi connectivity index (χ2n) is 6.47. The molecule has 2 rings (SSSR count). The van der Waals surface area contributed by atoms with Crippen molar-refractivity contribution in [2.75, 3.05) is 7.05 Å². The van der Waals surface area contributed by atoms with Gasteiger partial charge < -0.3 is 5.32 Å². The molecule has 0 fully saturated rings. The number of aryl methyl sites for hydroxylation is 1. The van der Waals surface area contributed by atoms with Gasteiger partial charge in [0.2, 0.25) is 0 Å². The normalized spacial score (nSPS) is 12.6. The van der Waals surface area contributed by atoms with E-state index in [0.717, 1.165) is 35.4 Å². The lowest BCUT2D eigenvalue weighted by molar-refractivity contribution is -0.223. The molecule has 0 aromatic heterocycles. The second kappa shape index (κ2) is 7.34. The molecule has 0 atom stereocenters. The van der Waals surface area contributed by atoms with E-state index in [1.807, 2.05) is 13.8 Å². The minimum atomic E-state index is -4.30. The summed E-state index contributed by atoms with van der Waals surface area (Å²) in [7, 11) is 1.74. The van der Waals surface area contributed by atoms with Crippen LogP contribution in [-0.4, -0.2) is 7.05 Å². The maximum absolute atomic E-state index is 14.5. The van der Waals surface area contributed by atoms with E-state index in [1.54, 1.807) is 14.0 Å². The lowest BCUT2D eigenvalue weighted by Gasteiger charge is -2.29. The van der Waals surface area contributed by atoms with Gasteiger partial charge in [0.05, 0.1) is 0 Å². The van der Waals surface area contributed by atoms with Crippen LogP contribution in [0.1, 0.15) is 36.1 Å². The first-order valence-electron chi connectivity index (χ1n) is 7.65. The van der Waals surface area contributed by atoms with Crippen molar-refractivity contribution in [2.24, 2.45) is 0 Å². The zero-order valence-electron chi connectivity index (χ0n) is 14.5. The average molecular weight is 376 g/mol. The van der Waals surface area contributed by atoms with Gasteiger partial charge in [0, 0.05) is 16.7 Å². The minimum Gasteiger partial charge on any atom is -0.311 e. The number of nitrogens with one attached hydrogen (secondary N) is 1. The monoisotopic (exact) mass is 375 g/mol. The molecule has 138 valence electrons. The smallest absolute Gasteiger partial charge is 0.311 e. The van der Waals surface area contributed by atoms with Gasteiger partial charge in [0.15, 0.2) is 0 Å². The highest BCUT2D eigenvalue weighted by atomic mass is 35.5.